The van der Waals surface area contributed by atoms with Crippen LogP contribution in [0.5, 0.6) is 5.75 Å². The van der Waals surface area contributed by atoms with Gasteiger partial charge >= 0.3 is 0 Å². The van der Waals surface area contributed by atoms with Crippen LogP contribution in [0.4, 0.5) is 0 Å². The molecule has 114 valence electrons. The molecule has 3 N–H and O–H groups in total. The molecule has 1 aliphatic rings. The summed E-state index contributed by atoms with van der Waals surface area (Å²) in [5.74, 6) is 0.404. The van der Waals surface area contributed by atoms with Gasteiger partial charge in [-0.2, -0.15) is 0 Å². The first kappa shape index (κ1) is 17.2. The fourth-order valence-electron chi connectivity index (χ4n) is 2.42. The van der Waals surface area contributed by atoms with Gasteiger partial charge in [0.15, 0.2) is 0 Å². The number of ether oxygens (including phenoxy) is 1. The maximum absolute atomic E-state index is 12.4. The van der Waals surface area contributed by atoms with E-state index in [0.717, 1.165) is 11.1 Å². The van der Waals surface area contributed by atoms with Crippen LogP contribution in [-0.4, -0.2) is 27.6 Å². The van der Waals surface area contributed by atoms with E-state index in [1.54, 1.807) is 6.07 Å². The third-order valence-electron chi connectivity index (χ3n) is 3.37. The van der Waals surface area contributed by atoms with Crippen molar-refractivity contribution in [3.8, 4) is 5.75 Å². The van der Waals surface area contributed by atoms with Crippen molar-refractivity contribution < 1.29 is 13.2 Å². The molecule has 0 aliphatic heterocycles. The zero-order valence-electron chi connectivity index (χ0n) is 11.8. The van der Waals surface area contributed by atoms with Gasteiger partial charge in [0.2, 0.25) is 10.0 Å². The van der Waals surface area contributed by atoms with Gasteiger partial charge in [-0.3, -0.25) is 0 Å². The Hall–Kier alpha value is -0.820. The van der Waals surface area contributed by atoms with E-state index in [1.807, 2.05) is 19.9 Å². The topological polar surface area (TPSA) is 81.4 Å². The minimum absolute atomic E-state index is 0. The molecular formula is C13H21ClN2O3S. The van der Waals surface area contributed by atoms with E-state index in [1.165, 1.54) is 7.11 Å². The van der Waals surface area contributed by atoms with Crippen LogP contribution in [0, 0.1) is 13.8 Å². The number of halogens is 1. The van der Waals surface area contributed by atoms with Crippen LogP contribution >= 0.6 is 12.4 Å². The highest BCUT2D eigenvalue weighted by molar-refractivity contribution is 7.89. The summed E-state index contributed by atoms with van der Waals surface area (Å²) >= 11 is 0. The van der Waals surface area contributed by atoms with Crippen LogP contribution in [0.25, 0.3) is 0 Å². The third-order valence-corrected chi connectivity index (χ3v) is 4.90. The molecule has 5 nitrogen and oxygen atoms in total. The first-order valence-electron chi connectivity index (χ1n) is 6.26. The van der Waals surface area contributed by atoms with Crippen molar-refractivity contribution in [3.05, 3.63) is 23.3 Å². The first-order valence-corrected chi connectivity index (χ1v) is 7.75. The van der Waals surface area contributed by atoms with E-state index < -0.39 is 10.0 Å². The molecule has 0 saturated heterocycles. The molecule has 2 rings (SSSR count). The van der Waals surface area contributed by atoms with E-state index in [-0.39, 0.29) is 29.4 Å². The number of nitrogens with two attached hydrogens (primary N) is 1. The van der Waals surface area contributed by atoms with Gasteiger partial charge in [-0.1, -0.05) is 6.07 Å². The fraction of sp³-hybridized carbons (Fsp3) is 0.538. The van der Waals surface area contributed by atoms with Crippen molar-refractivity contribution in [1.29, 1.82) is 0 Å². The van der Waals surface area contributed by atoms with Gasteiger partial charge in [-0.15, -0.1) is 12.4 Å². The van der Waals surface area contributed by atoms with Crippen LogP contribution in [-0.2, 0) is 10.0 Å². The Balaban J connectivity index is 0.00000200. The van der Waals surface area contributed by atoms with E-state index in [0.29, 0.717) is 18.6 Å². The van der Waals surface area contributed by atoms with Crippen LogP contribution < -0.4 is 15.2 Å². The van der Waals surface area contributed by atoms with Crippen molar-refractivity contribution in [2.24, 2.45) is 5.73 Å². The Morgan fingerprint density at radius 3 is 2.40 bits per heavy atom. The van der Waals surface area contributed by atoms with Gasteiger partial charge in [0.1, 0.15) is 10.6 Å². The van der Waals surface area contributed by atoms with E-state index >= 15 is 0 Å². The molecule has 0 amide bonds. The molecule has 0 atom stereocenters. The molecule has 1 aromatic rings. The highest BCUT2D eigenvalue weighted by atomic mass is 35.5. The largest absolute Gasteiger partial charge is 0.495 e. The molecule has 0 radical (unpaired) electrons. The number of hydrogen-bond donors (Lipinski definition) is 2. The van der Waals surface area contributed by atoms with Crippen LogP contribution in [0.3, 0.4) is 0 Å². The Kier molecular flexibility index (Phi) is 5.43. The normalized spacial score (nSPS) is 21.8. The SMILES string of the molecule is COc1c(C)cc(C)cc1S(=O)(=O)NC1CC(N)C1.Cl. The van der Waals surface area contributed by atoms with Crippen molar-refractivity contribution in [2.45, 2.75) is 43.7 Å². The maximum atomic E-state index is 12.4. The summed E-state index contributed by atoms with van der Waals surface area (Å²) in [5.41, 5.74) is 7.38. The highest BCUT2D eigenvalue weighted by Crippen LogP contribution is 2.30. The minimum Gasteiger partial charge on any atom is -0.495 e. The number of nitrogens with one attached hydrogen (secondary N) is 1. The predicted molar refractivity (Wildman–Crippen MR) is 81.0 cm³/mol. The minimum atomic E-state index is -3.56. The van der Waals surface area contributed by atoms with Crippen molar-refractivity contribution in [2.75, 3.05) is 7.11 Å². The zero-order valence-corrected chi connectivity index (χ0v) is 13.5. The average molecular weight is 321 g/mol. The Bertz CT molecular complexity index is 584. The van der Waals surface area contributed by atoms with E-state index in [4.69, 9.17) is 10.5 Å². The molecule has 0 heterocycles. The van der Waals surface area contributed by atoms with Gasteiger partial charge in [-0.25, -0.2) is 13.1 Å². The van der Waals surface area contributed by atoms with Gasteiger partial charge in [0.05, 0.1) is 7.11 Å². The summed E-state index contributed by atoms with van der Waals surface area (Å²) in [4.78, 5) is 0.202. The summed E-state index contributed by atoms with van der Waals surface area (Å²) in [6, 6.07) is 3.57. The summed E-state index contributed by atoms with van der Waals surface area (Å²) in [6.07, 6.45) is 1.37. The first-order chi connectivity index (χ1) is 8.83. The van der Waals surface area contributed by atoms with Crippen LogP contribution in [0.1, 0.15) is 24.0 Å². The number of hydrogen-bond acceptors (Lipinski definition) is 4. The lowest BCUT2D eigenvalue weighted by Crippen LogP contribution is -2.50. The summed E-state index contributed by atoms with van der Waals surface area (Å²) < 4.78 is 32.7. The molecule has 20 heavy (non-hydrogen) atoms. The quantitative estimate of drug-likeness (QED) is 0.881. The molecule has 7 heteroatoms. The second kappa shape index (κ2) is 6.30. The lowest BCUT2D eigenvalue weighted by Gasteiger charge is -2.32. The molecule has 0 bridgehead atoms. The van der Waals surface area contributed by atoms with Gasteiger partial charge in [0.25, 0.3) is 0 Å². The molecule has 1 fully saturated rings. The lowest BCUT2D eigenvalue weighted by molar-refractivity contribution is 0.326. The van der Waals surface area contributed by atoms with E-state index in [2.05, 4.69) is 4.72 Å². The predicted octanol–water partition coefficient (Wildman–Crippen LogP) is 1.50. The summed E-state index contributed by atoms with van der Waals surface area (Å²) in [5, 5.41) is 0. The van der Waals surface area contributed by atoms with Crippen molar-refractivity contribution >= 4 is 22.4 Å². The third kappa shape index (κ3) is 3.44. The van der Waals surface area contributed by atoms with Gasteiger partial charge in [-0.05, 0) is 43.9 Å². The second-order valence-electron chi connectivity index (χ2n) is 5.16. The highest BCUT2D eigenvalue weighted by Gasteiger charge is 2.31. The monoisotopic (exact) mass is 320 g/mol. The molecular weight excluding hydrogens is 300 g/mol. The number of sulfonamides is 1. The number of aryl methyl sites for hydroxylation is 2. The molecule has 0 spiro atoms. The second-order valence-corrected chi connectivity index (χ2v) is 6.85. The average Bonchev–Trinajstić information content (AvgIpc) is 2.25. The van der Waals surface area contributed by atoms with Crippen molar-refractivity contribution in [1.82, 2.24) is 4.72 Å². The Labute approximate surface area is 126 Å². The molecule has 1 saturated carbocycles. The van der Waals surface area contributed by atoms with Crippen molar-refractivity contribution in [3.63, 3.8) is 0 Å². The molecule has 1 aromatic carbocycles. The smallest absolute Gasteiger partial charge is 0.244 e. The Morgan fingerprint density at radius 1 is 1.30 bits per heavy atom. The molecule has 0 unspecified atom stereocenters. The molecule has 1 aliphatic carbocycles. The van der Waals surface area contributed by atoms with Gasteiger partial charge < -0.3 is 10.5 Å². The van der Waals surface area contributed by atoms with E-state index in [9.17, 15) is 8.42 Å². The maximum Gasteiger partial charge on any atom is 0.244 e. The number of methoxy groups -OCH3 is 1. The lowest BCUT2D eigenvalue weighted by atomic mass is 9.89. The standard InChI is InChI=1S/C13H20N2O3S.ClH/c1-8-4-9(2)13(18-3)12(5-8)19(16,17)15-11-6-10(14)7-11;/h4-5,10-11,15H,6-7,14H2,1-3H3;1H. The van der Waals surface area contributed by atoms with Crippen LogP contribution in [0.2, 0.25) is 0 Å². The number of rotatable bonds is 4. The number of benzene rings is 1. The summed E-state index contributed by atoms with van der Waals surface area (Å²) in [7, 11) is -2.08. The zero-order chi connectivity index (χ0) is 14.2. The van der Waals surface area contributed by atoms with Crippen LogP contribution in [0.15, 0.2) is 17.0 Å². The molecule has 0 aromatic heterocycles. The Morgan fingerprint density at radius 2 is 1.90 bits per heavy atom. The summed E-state index contributed by atoms with van der Waals surface area (Å²) in [6.45, 7) is 3.70. The fourth-order valence-corrected chi connectivity index (χ4v) is 4.01. The van der Waals surface area contributed by atoms with Gasteiger partial charge in [0, 0.05) is 12.1 Å².